The number of nitrogens with one attached hydrogen (secondary N) is 4. The monoisotopic (exact) mass is 404 g/mol. The van der Waals surface area contributed by atoms with Crippen LogP contribution in [0.5, 0.6) is 0 Å². The molecule has 4 N–H and O–H groups in total. The van der Waals surface area contributed by atoms with Gasteiger partial charge in [-0.1, -0.05) is 30.7 Å². The number of H-pyrrole nitrogens is 2. The molecule has 0 spiro atoms. The van der Waals surface area contributed by atoms with Crippen LogP contribution >= 0.6 is 0 Å². The van der Waals surface area contributed by atoms with Crippen molar-refractivity contribution in [1.82, 2.24) is 19.9 Å². The minimum Gasteiger partial charge on any atom is -0.328 e. The van der Waals surface area contributed by atoms with E-state index in [1.54, 1.807) is 12.1 Å². The molecule has 2 aromatic heterocycles. The van der Waals surface area contributed by atoms with Crippen molar-refractivity contribution in [2.75, 3.05) is 10.6 Å². The van der Waals surface area contributed by atoms with E-state index in [1.165, 1.54) is 6.08 Å². The predicted octanol–water partition coefficient (Wildman–Crippen LogP) is 3.54. The number of hydrogen-bond donors (Lipinski definition) is 4. The molecule has 0 radical (unpaired) electrons. The topological polar surface area (TPSA) is 116 Å². The Labute approximate surface area is 174 Å². The molecule has 1 aliphatic rings. The van der Waals surface area contributed by atoms with Gasteiger partial charge < -0.3 is 9.97 Å². The second kappa shape index (κ2) is 7.98. The lowest BCUT2D eigenvalue weighted by molar-refractivity contribution is -0.112. The summed E-state index contributed by atoms with van der Waals surface area (Å²) in [5, 5.41) is 5.61. The molecule has 30 heavy (non-hydrogen) atoms. The van der Waals surface area contributed by atoms with Crippen LogP contribution in [0.15, 0.2) is 42.0 Å². The van der Waals surface area contributed by atoms with E-state index in [0.717, 1.165) is 41.2 Å². The second-order valence-electron chi connectivity index (χ2n) is 7.65. The van der Waals surface area contributed by atoms with E-state index in [0.29, 0.717) is 17.5 Å². The number of benzene rings is 1. The van der Waals surface area contributed by atoms with Gasteiger partial charge in [0.25, 0.3) is 11.8 Å². The molecule has 1 atom stereocenters. The number of anilines is 2. The zero-order valence-electron chi connectivity index (χ0n) is 17.2. The van der Waals surface area contributed by atoms with Crippen molar-refractivity contribution in [3.8, 4) is 0 Å². The van der Waals surface area contributed by atoms with Crippen molar-refractivity contribution < 1.29 is 9.59 Å². The minimum atomic E-state index is -0.211. The van der Waals surface area contributed by atoms with Crippen LogP contribution in [-0.2, 0) is 17.6 Å². The van der Waals surface area contributed by atoms with Crippen molar-refractivity contribution in [2.24, 2.45) is 0 Å². The molecule has 0 fully saturated rings. The highest BCUT2D eigenvalue weighted by Gasteiger charge is 2.27. The Hall–Kier alpha value is -3.68. The number of nitrogens with zero attached hydrogens (tertiary/aromatic N) is 2. The first-order valence-corrected chi connectivity index (χ1v) is 9.90. The molecule has 4 rings (SSSR count). The third kappa shape index (κ3) is 4.03. The highest BCUT2D eigenvalue weighted by molar-refractivity contribution is 6.03. The van der Waals surface area contributed by atoms with Gasteiger partial charge >= 0.3 is 0 Å². The third-order valence-corrected chi connectivity index (χ3v) is 5.00. The summed E-state index contributed by atoms with van der Waals surface area (Å²) in [7, 11) is 0. The number of aryl methyl sites for hydroxylation is 2. The molecular weight excluding hydrogens is 380 g/mol. The summed E-state index contributed by atoms with van der Waals surface area (Å²) < 4.78 is 0. The maximum Gasteiger partial charge on any atom is 0.257 e. The van der Waals surface area contributed by atoms with Crippen LogP contribution in [0.1, 0.15) is 59.8 Å². The van der Waals surface area contributed by atoms with E-state index >= 15 is 0 Å². The van der Waals surface area contributed by atoms with Gasteiger partial charge in [0.1, 0.15) is 0 Å². The summed E-state index contributed by atoms with van der Waals surface area (Å²) in [5.41, 5.74) is 5.16. The van der Waals surface area contributed by atoms with E-state index in [2.05, 4.69) is 30.6 Å². The summed E-state index contributed by atoms with van der Waals surface area (Å²) in [6.07, 6.45) is 2.99. The number of hydrogen-bond acceptors (Lipinski definition) is 4. The Morgan fingerprint density at radius 1 is 0.967 bits per heavy atom. The number of aromatic amines is 2. The van der Waals surface area contributed by atoms with Gasteiger partial charge in [-0.3, -0.25) is 20.2 Å². The van der Waals surface area contributed by atoms with Crippen LogP contribution in [-0.4, -0.2) is 31.8 Å². The molecule has 0 bridgehead atoms. The number of fused-ring (bicyclic) bond motifs is 2. The highest BCUT2D eigenvalue weighted by atomic mass is 16.2. The van der Waals surface area contributed by atoms with E-state index in [1.807, 2.05) is 39.0 Å². The first kappa shape index (κ1) is 19.6. The normalized spacial score (nSPS) is 14.8. The maximum absolute atomic E-state index is 12.4. The lowest BCUT2D eigenvalue weighted by atomic mass is 10.0. The van der Waals surface area contributed by atoms with Crippen molar-refractivity contribution in [3.05, 3.63) is 70.3 Å². The molecule has 3 aromatic rings. The van der Waals surface area contributed by atoms with Crippen LogP contribution in [0, 0.1) is 0 Å². The Morgan fingerprint density at radius 3 is 2.10 bits per heavy atom. The van der Waals surface area contributed by atoms with E-state index in [4.69, 9.17) is 0 Å². The average Bonchev–Trinajstić information content (AvgIpc) is 3.27. The van der Waals surface area contributed by atoms with Gasteiger partial charge in [0, 0.05) is 28.9 Å². The number of carbonyl (C=O) groups excluding carboxylic acids is 2. The molecule has 1 aromatic carbocycles. The maximum atomic E-state index is 12.4. The van der Waals surface area contributed by atoms with Crippen molar-refractivity contribution in [2.45, 2.75) is 39.5 Å². The summed E-state index contributed by atoms with van der Waals surface area (Å²) in [5.74, 6) is 0.360. The first-order valence-electron chi connectivity index (χ1n) is 9.90. The Kier molecular flexibility index (Phi) is 5.22. The average molecular weight is 404 g/mol. The first-order chi connectivity index (χ1) is 14.4. The van der Waals surface area contributed by atoms with Gasteiger partial charge in [-0.2, -0.15) is 0 Å². The summed E-state index contributed by atoms with van der Waals surface area (Å²) in [4.78, 5) is 40.1. The number of amides is 2. The zero-order chi connectivity index (χ0) is 21.3. The number of aromatic nitrogens is 4. The summed E-state index contributed by atoms with van der Waals surface area (Å²) in [6, 6.07) is 9.02. The Balaban J connectivity index is 1.54. The molecule has 154 valence electrons. The molecule has 1 unspecified atom stereocenters. The minimum absolute atomic E-state index is 0.0820. The fourth-order valence-corrected chi connectivity index (χ4v) is 3.63. The smallest absolute Gasteiger partial charge is 0.257 e. The van der Waals surface area contributed by atoms with Gasteiger partial charge in [0.15, 0.2) is 0 Å². The fraction of sp³-hybridized carbons (Fsp3) is 0.273. The Bertz CT molecular complexity index is 1120. The fourth-order valence-electron chi connectivity index (χ4n) is 3.63. The Morgan fingerprint density at radius 2 is 1.53 bits per heavy atom. The number of allylic oxidation sites excluding steroid dienone is 1. The van der Waals surface area contributed by atoms with Crippen LogP contribution in [0.25, 0.3) is 0 Å². The van der Waals surface area contributed by atoms with Crippen molar-refractivity contribution in [1.29, 1.82) is 0 Å². The van der Waals surface area contributed by atoms with Crippen molar-refractivity contribution in [3.63, 3.8) is 0 Å². The highest BCUT2D eigenvalue weighted by Crippen LogP contribution is 2.33. The lowest BCUT2D eigenvalue weighted by Gasteiger charge is -2.06. The third-order valence-electron chi connectivity index (χ3n) is 5.00. The predicted molar refractivity (Wildman–Crippen MR) is 115 cm³/mol. The van der Waals surface area contributed by atoms with Crippen LogP contribution < -0.4 is 10.6 Å². The van der Waals surface area contributed by atoms with E-state index < -0.39 is 0 Å². The van der Waals surface area contributed by atoms with Crippen molar-refractivity contribution >= 4 is 23.7 Å². The largest absolute Gasteiger partial charge is 0.328 e. The quantitative estimate of drug-likeness (QED) is 0.498. The SMILES string of the molecule is CC(C)=CC(=O)Nc1nc2c([nH]1)CCc1[nH]c(NC(=O)c3ccccc3)nc1C2C. The van der Waals surface area contributed by atoms with Gasteiger partial charge in [-0.25, -0.2) is 9.97 Å². The molecule has 2 heterocycles. The zero-order valence-corrected chi connectivity index (χ0v) is 17.2. The van der Waals surface area contributed by atoms with Gasteiger partial charge in [0.05, 0.1) is 11.4 Å². The number of rotatable bonds is 4. The van der Waals surface area contributed by atoms with Crippen LogP contribution in [0.3, 0.4) is 0 Å². The molecule has 1 aliphatic carbocycles. The van der Waals surface area contributed by atoms with Gasteiger partial charge in [-0.05, 0) is 38.8 Å². The van der Waals surface area contributed by atoms with Gasteiger partial charge in [0.2, 0.25) is 11.9 Å². The van der Waals surface area contributed by atoms with E-state index in [9.17, 15) is 9.59 Å². The summed E-state index contributed by atoms with van der Waals surface area (Å²) >= 11 is 0. The molecular formula is C22H24N6O2. The van der Waals surface area contributed by atoms with Crippen LogP contribution in [0.2, 0.25) is 0 Å². The lowest BCUT2D eigenvalue weighted by Crippen LogP contribution is -2.13. The van der Waals surface area contributed by atoms with E-state index in [-0.39, 0.29) is 17.7 Å². The molecule has 0 saturated heterocycles. The summed E-state index contributed by atoms with van der Waals surface area (Å²) in [6.45, 7) is 5.76. The molecule has 2 amide bonds. The second-order valence-corrected chi connectivity index (χ2v) is 7.65. The molecule has 0 saturated carbocycles. The standard InChI is InChI=1S/C22H24N6O2/c1-12(2)11-17(29)25-21-23-15-9-10-16-19(13(3)18(15)26-21)27-22(24-16)28-20(30)14-7-5-4-6-8-14/h4-8,11,13H,9-10H2,1-3H3,(H2,23,25,26,29)(H2,24,27,28,30). The van der Waals surface area contributed by atoms with Crippen LogP contribution in [0.4, 0.5) is 11.9 Å². The molecule has 0 aliphatic heterocycles. The molecule has 8 nitrogen and oxygen atoms in total. The number of imidazole rings is 2. The van der Waals surface area contributed by atoms with Gasteiger partial charge in [-0.15, -0.1) is 0 Å². The molecule has 8 heteroatoms. The number of carbonyl (C=O) groups is 2.